The maximum Gasteiger partial charge on any atom is 0.305 e. The first-order valence-corrected chi connectivity index (χ1v) is 6.85. The molecule has 0 spiro atoms. The van der Waals surface area contributed by atoms with Crippen molar-refractivity contribution < 1.29 is 19.6 Å². The Morgan fingerprint density at radius 1 is 1.50 bits per heavy atom. The molecule has 1 unspecified atom stereocenters. The molecule has 1 aromatic rings. The highest BCUT2D eigenvalue weighted by Crippen LogP contribution is 2.25. The molecule has 0 aliphatic carbocycles. The van der Waals surface area contributed by atoms with Crippen LogP contribution in [0.15, 0.2) is 18.3 Å². The Kier molecular flexibility index (Phi) is 4.87. The molecule has 9 nitrogen and oxygen atoms in total. The first-order chi connectivity index (χ1) is 10.5. The molecule has 118 valence electrons. The number of carbonyl (C=O) groups is 2. The van der Waals surface area contributed by atoms with Crippen LogP contribution >= 0.6 is 0 Å². The van der Waals surface area contributed by atoms with Gasteiger partial charge < -0.3 is 15.3 Å². The van der Waals surface area contributed by atoms with Crippen molar-refractivity contribution in [2.75, 3.05) is 18.0 Å². The Morgan fingerprint density at radius 3 is 2.86 bits per heavy atom. The summed E-state index contributed by atoms with van der Waals surface area (Å²) < 4.78 is 0. The van der Waals surface area contributed by atoms with Crippen LogP contribution in [0.4, 0.5) is 11.5 Å². The van der Waals surface area contributed by atoms with Crippen LogP contribution in [0.25, 0.3) is 0 Å². The van der Waals surface area contributed by atoms with E-state index in [1.807, 2.05) is 0 Å². The molecule has 0 saturated carbocycles. The molecule has 9 heteroatoms. The minimum absolute atomic E-state index is 0.0756. The molecule has 1 fully saturated rings. The average molecular weight is 308 g/mol. The van der Waals surface area contributed by atoms with E-state index in [1.165, 1.54) is 12.1 Å². The van der Waals surface area contributed by atoms with Crippen LogP contribution in [0.3, 0.4) is 0 Å². The van der Waals surface area contributed by atoms with Gasteiger partial charge in [0.2, 0.25) is 5.91 Å². The van der Waals surface area contributed by atoms with Gasteiger partial charge in [0.15, 0.2) is 0 Å². The summed E-state index contributed by atoms with van der Waals surface area (Å²) >= 11 is 0. The predicted octanol–water partition coefficient (Wildman–Crippen LogP) is 0.549. The van der Waals surface area contributed by atoms with E-state index in [0.717, 1.165) is 12.6 Å². The topological polar surface area (TPSA) is 126 Å². The second kappa shape index (κ2) is 6.83. The number of nitrogens with zero attached hydrogens (tertiary/aromatic N) is 3. The quantitative estimate of drug-likeness (QED) is 0.580. The van der Waals surface area contributed by atoms with Crippen molar-refractivity contribution in [2.45, 2.75) is 25.3 Å². The number of hydrogen-bond acceptors (Lipinski definition) is 6. The lowest BCUT2D eigenvalue weighted by molar-refractivity contribution is -0.385. The number of aromatic nitrogens is 1. The van der Waals surface area contributed by atoms with Gasteiger partial charge in [0, 0.05) is 19.2 Å². The molecule has 1 aliphatic rings. The van der Waals surface area contributed by atoms with Gasteiger partial charge >= 0.3 is 5.97 Å². The fraction of sp³-hybridized carbons (Fsp3) is 0.462. The maximum atomic E-state index is 12.1. The van der Waals surface area contributed by atoms with Crippen molar-refractivity contribution in [3.8, 4) is 0 Å². The average Bonchev–Trinajstić information content (AvgIpc) is 2.96. The molecule has 22 heavy (non-hydrogen) atoms. The summed E-state index contributed by atoms with van der Waals surface area (Å²) in [4.78, 5) is 38.5. The molecule has 2 heterocycles. The normalized spacial score (nSPS) is 17.3. The van der Waals surface area contributed by atoms with Crippen LogP contribution in [-0.4, -0.2) is 46.0 Å². The second-order valence-electron chi connectivity index (χ2n) is 4.92. The SMILES string of the molecule is O=C(O)CCNC(=O)C1CCCN1c1ccc([N+](=O)[O-])cn1. The summed E-state index contributed by atoms with van der Waals surface area (Å²) in [5.41, 5.74) is -0.106. The van der Waals surface area contributed by atoms with Gasteiger partial charge in [-0.3, -0.25) is 19.7 Å². The Balaban J connectivity index is 2.01. The molecule has 0 aromatic carbocycles. The van der Waals surface area contributed by atoms with Gasteiger partial charge in [-0.15, -0.1) is 0 Å². The predicted molar refractivity (Wildman–Crippen MR) is 76.5 cm³/mol. The fourth-order valence-corrected chi connectivity index (χ4v) is 2.38. The number of nitro groups is 1. The van der Waals surface area contributed by atoms with E-state index >= 15 is 0 Å². The molecule has 0 bridgehead atoms. The highest BCUT2D eigenvalue weighted by Gasteiger charge is 2.31. The summed E-state index contributed by atoms with van der Waals surface area (Å²) in [7, 11) is 0. The van der Waals surface area contributed by atoms with Crippen LogP contribution in [0, 0.1) is 10.1 Å². The molecule has 1 aliphatic heterocycles. The van der Waals surface area contributed by atoms with Crippen LogP contribution in [0.5, 0.6) is 0 Å². The Bertz CT molecular complexity index is 574. The van der Waals surface area contributed by atoms with E-state index in [4.69, 9.17) is 5.11 Å². The molecule has 2 N–H and O–H groups in total. The standard InChI is InChI=1S/C13H16N4O5/c18-12(19)5-6-14-13(20)10-2-1-7-16(10)11-4-3-9(8-15-11)17(21)22/h3-4,8,10H,1-2,5-7H2,(H,14,20)(H,18,19). The first kappa shape index (κ1) is 15.7. The minimum atomic E-state index is -0.972. The number of rotatable bonds is 6. The highest BCUT2D eigenvalue weighted by molar-refractivity contribution is 5.85. The molecule has 0 radical (unpaired) electrons. The second-order valence-corrected chi connectivity index (χ2v) is 4.92. The third kappa shape index (κ3) is 3.68. The minimum Gasteiger partial charge on any atom is -0.481 e. The molecule has 1 atom stereocenters. The van der Waals surface area contributed by atoms with Gasteiger partial charge in [0.1, 0.15) is 18.1 Å². The highest BCUT2D eigenvalue weighted by atomic mass is 16.6. The van der Waals surface area contributed by atoms with Gasteiger partial charge in [-0.2, -0.15) is 0 Å². The molecular weight excluding hydrogens is 292 g/mol. The first-order valence-electron chi connectivity index (χ1n) is 6.85. The van der Waals surface area contributed by atoms with Crippen LogP contribution in [0.2, 0.25) is 0 Å². The number of carbonyl (C=O) groups excluding carboxylic acids is 1. The van der Waals surface area contributed by atoms with Crippen LogP contribution < -0.4 is 10.2 Å². The van der Waals surface area contributed by atoms with Crippen molar-refractivity contribution in [3.63, 3.8) is 0 Å². The van der Waals surface area contributed by atoms with Gasteiger partial charge in [-0.25, -0.2) is 4.98 Å². The van der Waals surface area contributed by atoms with Crippen molar-refractivity contribution in [1.29, 1.82) is 0 Å². The largest absolute Gasteiger partial charge is 0.481 e. The smallest absolute Gasteiger partial charge is 0.305 e. The Hall–Kier alpha value is -2.71. The van der Waals surface area contributed by atoms with Crippen LogP contribution in [-0.2, 0) is 9.59 Å². The monoisotopic (exact) mass is 308 g/mol. The van der Waals surface area contributed by atoms with Gasteiger partial charge in [0.25, 0.3) is 5.69 Å². The number of pyridine rings is 1. The number of carboxylic acid groups (broad SMARTS) is 1. The van der Waals surface area contributed by atoms with Crippen LogP contribution in [0.1, 0.15) is 19.3 Å². The molecule has 2 rings (SSSR count). The molecule has 1 saturated heterocycles. The van der Waals surface area contributed by atoms with E-state index in [9.17, 15) is 19.7 Å². The molecular formula is C13H16N4O5. The lowest BCUT2D eigenvalue weighted by atomic mass is 10.2. The Morgan fingerprint density at radius 2 is 2.27 bits per heavy atom. The van der Waals surface area contributed by atoms with Crippen molar-refractivity contribution in [1.82, 2.24) is 10.3 Å². The fourth-order valence-electron chi connectivity index (χ4n) is 2.38. The van der Waals surface area contributed by atoms with E-state index < -0.39 is 16.9 Å². The molecule has 1 amide bonds. The zero-order valence-electron chi connectivity index (χ0n) is 11.8. The summed E-state index contributed by atoms with van der Waals surface area (Å²) in [5.74, 6) is -0.721. The number of nitrogens with one attached hydrogen (secondary N) is 1. The van der Waals surface area contributed by atoms with E-state index in [1.54, 1.807) is 4.90 Å². The number of amides is 1. The van der Waals surface area contributed by atoms with Gasteiger partial charge in [-0.1, -0.05) is 0 Å². The Labute approximate surface area is 126 Å². The number of anilines is 1. The maximum absolute atomic E-state index is 12.1. The van der Waals surface area contributed by atoms with Crippen molar-refractivity contribution in [3.05, 3.63) is 28.4 Å². The third-order valence-electron chi connectivity index (χ3n) is 3.43. The van der Waals surface area contributed by atoms with Gasteiger partial charge in [0.05, 0.1) is 11.3 Å². The summed E-state index contributed by atoms with van der Waals surface area (Å²) in [6.07, 6.45) is 2.47. The number of aliphatic carboxylic acids is 1. The van der Waals surface area contributed by atoms with Gasteiger partial charge in [-0.05, 0) is 18.9 Å². The van der Waals surface area contributed by atoms with Crippen molar-refractivity contribution in [2.24, 2.45) is 0 Å². The summed E-state index contributed by atoms with van der Waals surface area (Å²) in [5, 5.41) is 21.8. The summed E-state index contributed by atoms with van der Waals surface area (Å²) in [6, 6.07) is 2.43. The van der Waals surface area contributed by atoms with E-state index in [2.05, 4.69) is 10.3 Å². The van der Waals surface area contributed by atoms with Crippen molar-refractivity contribution >= 4 is 23.4 Å². The van der Waals surface area contributed by atoms with E-state index in [-0.39, 0.29) is 24.6 Å². The zero-order valence-corrected chi connectivity index (χ0v) is 11.8. The molecule has 1 aromatic heterocycles. The van der Waals surface area contributed by atoms with E-state index in [0.29, 0.717) is 18.8 Å². The number of carboxylic acids is 1. The number of hydrogen-bond donors (Lipinski definition) is 2. The third-order valence-corrected chi connectivity index (χ3v) is 3.43. The lowest BCUT2D eigenvalue weighted by Crippen LogP contribution is -2.44. The zero-order chi connectivity index (χ0) is 16.1. The lowest BCUT2D eigenvalue weighted by Gasteiger charge is -2.24. The summed E-state index contributed by atoms with van der Waals surface area (Å²) in [6.45, 7) is 0.702.